The quantitative estimate of drug-likeness (QED) is 0.327. The highest BCUT2D eigenvalue weighted by Gasteiger charge is 2.36. The Hall–Kier alpha value is 0.0169. The second-order valence-electron chi connectivity index (χ2n) is 2.52. The fraction of sp³-hybridized carbons (Fsp3) is 1.00. The molecular formula is C7H20N2O3Si. The summed E-state index contributed by atoms with van der Waals surface area (Å²) in [6, 6.07) is 0.768. The van der Waals surface area contributed by atoms with Crippen LogP contribution in [0.2, 0.25) is 6.04 Å². The van der Waals surface area contributed by atoms with E-state index in [-0.39, 0.29) is 0 Å². The van der Waals surface area contributed by atoms with Crippen molar-refractivity contribution in [3.63, 3.8) is 0 Å². The second-order valence-corrected chi connectivity index (χ2v) is 5.70. The highest BCUT2D eigenvalue weighted by molar-refractivity contribution is 6.60. The van der Waals surface area contributed by atoms with E-state index in [1.165, 1.54) is 0 Å². The van der Waals surface area contributed by atoms with Gasteiger partial charge in [-0.2, -0.15) is 0 Å². The number of hydrogen-bond donors (Lipinski definition) is 2. The first-order valence-corrected chi connectivity index (χ1v) is 6.33. The minimum absolute atomic E-state index is 0.430. The maximum absolute atomic E-state index is 5.51. The lowest BCUT2D eigenvalue weighted by Crippen LogP contribution is -2.45. The normalized spacial score (nSPS) is 12.0. The zero-order valence-electron chi connectivity index (χ0n) is 8.63. The van der Waals surface area contributed by atoms with Gasteiger partial charge in [0.15, 0.2) is 0 Å². The molecule has 0 amide bonds. The monoisotopic (exact) mass is 208 g/mol. The van der Waals surface area contributed by atoms with Crippen LogP contribution in [-0.2, 0) is 13.3 Å². The molecule has 0 bridgehead atoms. The Balaban J connectivity index is 3.68. The van der Waals surface area contributed by atoms with Crippen LogP contribution in [0.25, 0.3) is 0 Å². The van der Waals surface area contributed by atoms with Crippen LogP contribution in [0, 0.1) is 0 Å². The highest BCUT2D eigenvalue weighted by Crippen LogP contribution is 2.11. The molecule has 0 unspecified atom stereocenters. The van der Waals surface area contributed by atoms with Crippen molar-refractivity contribution in [2.75, 3.05) is 34.0 Å². The third-order valence-electron chi connectivity index (χ3n) is 1.77. The minimum Gasteiger partial charge on any atom is -0.377 e. The molecule has 0 rings (SSSR count). The Morgan fingerprint density at radius 3 is 2.31 bits per heavy atom. The third-order valence-corrected chi connectivity index (χ3v) is 4.46. The summed E-state index contributed by atoms with van der Waals surface area (Å²) in [5, 5.41) is 3.02. The van der Waals surface area contributed by atoms with Crippen LogP contribution < -0.4 is 11.1 Å². The molecule has 5 nitrogen and oxygen atoms in total. The first-order chi connectivity index (χ1) is 6.24. The summed E-state index contributed by atoms with van der Waals surface area (Å²) in [6.07, 6.45) is 0. The van der Waals surface area contributed by atoms with Gasteiger partial charge in [-0.25, -0.2) is 0 Å². The summed E-state index contributed by atoms with van der Waals surface area (Å²) in [6.45, 7) is 3.76. The van der Waals surface area contributed by atoms with Crippen molar-refractivity contribution in [3.8, 4) is 0 Å². The lowest BCUT2D eigenvalue weighted by molar-refractivity contribution is 0.0918. The zero-order chi connectivity index (χ0) is 10.2. The molecule has 0 aromatic heterocycles. The van der Waals surface area contributed by atoms with Gasteiger partial charge in [0.05, 0.1) is 6.73 Å². The Kier molecular flexibility index (Phi) is 7.43. The van der Waals surface area contributed by atoms with Crippen molar-refractivity contribution in [2.24, 2.45) is 5.73 Å². The molecule has 6 heteroatoms. The predicted octanol–water partition coefficient (Wildman–Crippen LogP) is -0.240. The smallest absolute Gasteiger partial charge is 0.377 e. The van der Waals surface area contributed by atoms with E-state index in [1.54, 1.807) is 14.2 Å². The molecule has 0 fully saturated rings. The van der Waals surface area contributed by atoms with E-state index in [9.17, 15) is 0 Å². The van der Waals surface area contributed by atoms with Gasteiger partial charge in [0.2, 0.25) is 0 Å². The van der Waals surface area contributed by atoms with E-state index < -0.39 is 8.80 Å². The molecule has 0 spiro atoms. The summed E-state index contributed by atoms with van der Waals surface area (Å²) in [5.74, 6) is 0. The van der Waals surface area contributed by atoms with Gasteiger partial charge in [0.25, 0.3) is 0 Å². The molecule has 0 aromatic rings. The molecule has 0 aliphatic heterocycles. The highest BCUT2D eigenvalue weighted by atomic mass is 28.4. The van der Waals surface area contributed by atoms with E-state index >= 15 is 0 Å². The third kappa shape index (κ3) is 4.70. The van der Waals surface area contributed by atoms with Crippen LogP contribution in [0.3, 0.4) is 0 Å². The van der Waals surface area contributed by atoms with Crippen molar-refractivity contribution in [2.45, 2.75) is 13.0 Å². The summed E-state index contributed by atoms with van der Waals surface area (Å²) in [5.41, 5.74) is 5.31. The van der Waals surface area contributed by atoms with Crippen molar-refractivity contribution in [1.29, 1.82) is 0 Å². The number of rotatable bonds is 8. The molecule has 0 saturated carbocycles. The van der Waals surface area contributed by atoms with Gasteiger partial charge in [0, 0.05) is 33.4 Å². The zero-order valence-corrected chi connectivity index (χ0v) is 9.63. The fourth-order valence-electron chi connectivity index (χ4n) is 0.927. The van der Waals surface area contributed by atoms with Crippen molar-refractivity contribution < 1.29 is 13.3 Å². The molecule has 0 aliphatic carbocycles. The first-order valence-electron chi connectivity index (χ1n) is 4.39. The fourth-order valence-corrected chi connectivity index (χ4v) is 2.43. The molecule has 13 heavy (non-hydrogen) atoms. The van der Waals surface area contributed by atoms with Crippen LogP contribution in [0.5, 0.6) is 0 Å². The van der Waals surface area contributed by atoms with E-state index in [0.29, 0.717) is 13.3 Å². The molecule has 3 N–H and O–H groups in total. The van der Waals surface area contributed by atoms with E-state index in [4.69, 9.17) is 19.0 Å². The van der Waals surface area contributed by atoms with E-state index in [1.807, 2.05) is 6.92 Å². The van der Waals surface area contributed by atoms with Crippen LogP contribution in [0.15, 0.2) is 0 Å². The van der Waals surface area contributed by atoms with Gasteiger partial charge >= 0.3 is 8.80 Å². The van der Waals surface area contributed by atoms with Gasteiger partial charge < -0.3 is 19.0 Å². The lowest BCUT2D eigenvalue weighted by Gasteiger charge is -2.24. The Labute approximate surface area is 80.9 Å². The number of nitrogens with one attached hydrogen (secondary N) is 1. The maximum atomic E-state index is 5.51. The maximum Gasteiger partial charge on any atom is 0.501 e. The van der Waals surface area contributed by atoms with Crippen LogP contribution in [0.4, 0.5) is 0 Å². The summed E-state index contributed by atoms with van der Waals surface area (Å²) in [7, 11) is 0.856. The van der Waals surface area contributed by atoms with Crippen molar-refractivity contribution >= 4 is 8.80 Å². The SMILES string of the molecule is CC[Si](OC)(OC)OCNCCN. The molecular weight excluding hydrogens is 188 g/mol. The minimum atomic E-state index is -2.37. The van der Waals surface area contributed by atoms with E-state index in [2.05, 4.69) is 5.32 Å². The van der Waals surface area contributed by atoms with Crippen molar-refractivity contribution in [3.05, 3.63) is 0 Å². The number of hydrogen-bond acceptors (Lipinski definition) is 5. The molecule has 0 aromatic carbocycles. The standard InChI is InChI=1S/C7H20N2O3Si/c1-4-13(10-2,11-3)12-7-9-6-5-8/h9H,4-8H2,1-3H3. The lowest BCUT2D eigenvalue weighted by atomic mass is 10.7. The molecule has 80 valence electrons. The summed E-state index contributed by atoms with van der Waals surface area (Å²) < 4.78 is 16.0. The van der Waals surface area contributed by atoms with Crippen molar-refractivity contribution in [1.82, 2.24) is 5.32 Å². The molecule has 0 radical (unpaired) electrons. The number of nitrogens with two attached hydrogens (primary N) is 1. The average molecular weight is 208 g/mol. The second kappa shape index (κ2) is 7.42. The van der Waals surface area contributed by atoms with Crippen LogP contribution in [-0.4, -0.2) is 42.8 Å². The van der Waals surface area contributed by atoms with E-state index in [0.717, 1.165) is 12.6 Å². The summed E-state index contributed by atoms with van der Waals surface area (Å²) >= 11 is 0. The van der Waals surface area contributed by atoms with Gasteiger partial charge in [-0.15, -0.1) is 0 Å². The largest absolute Gasteiger partial charge is 0.501 e. The average Bonchev–Trinajstić information content (AvgIpc) is 2.20. The van der Waals surface area contributed by atoms with Gasteiger partial charge in [-0.05, 0) is 0 Å². The Bertz CT molecular complexity index is 114. The predicted molar refractivity (Wildman–Crippen MR) is 53.3 cm³/mol. The Morgan fingerprint density at radius 1 is 1.31 bits per heavy atom. The molecule has 0 atom stereocenters. The van der Waals surface area contributed by atoms with Gasteiger partial charge in [0.1, 0.15) is 0 Å². The molecule has 0 saturated heterocycles. The summed E-state index contributed by atoms with van der Waals surface area (Å²) in [4.78, 5) is 0. The Morgan fingerprint density at radius 2 is 1.92 bits per heavy atom. The van der Waals surface area contributed by atoms with Gasteiger partial charge in [-0.1, -0.05) is 6.92 Å². The van der Waals surface area contributed by atoms with Crippen LogP contribution >= 0.6 is 0 Å². The van der Waals surface area contributed by atoms with Gasteiger partial charge in [-0.3, -0.25) is 5.32 Å². The first kappa shape index (κ1) is 13.0. The molecule has 0 heterocycles. The van der Waals surface area contributed by atoms with Crippen LogP contribution in [0.1, 0.15) is 6.92 Å². The topological polar surface area (TPSA) is 65.7 Å². The molecule has 0 aliphatic rings.